The van der Waals surface area contributed by atoms with Gasteiger partial charge in [0.15, 0.2) is 0 Å². The number of aryl methyl sites for hydroxylation is 1. The first-order chi connectivity index (χ1) is 7.75. The van der Waals surface area contributed by atoms with Crippen LogP contribution in [0.5, 0.6) is 0 Å². The molecule has 3 nitrogen and oxygen atoms in total. The highest BCUT2D eigenvalue weighted by Gasteiger charge is 1.99. The fourth-order valence-electron chi connectivity index (χ4n) is 1.33. The summed E-state index contributed by atoms with van der Waals surface area (Å²) in [5, 5.41) is 3.01. The molecule has 0 aliphatic heterocycles. The Morgan fingerprint density at radius 1 is 1.38 bits per heavy atom. The number of hydrogen-bond acceptors (Lipinski definition) is 3. The van der Waals surface area contributed by atoms with Crippen molar-refractivity contribution >= 4 is 17.2 Å². The minimum absolute atomic E-state index is 0.555. The van der Waals surface area contributed by atoms with E-state index in [1.54, 1.807) is 11.3 Å². The van der Waals surface area contributed by atoms with E-state index in [-0.39, 0.29) is 0 Å². The molecule has 0 unspecified atom stereocenters. The molecular weight excluding hydrogens is 218 g/mol. The van der Waals surface area contributed by atoms with Crippen molar-refractivity contribution in [2.75, 3.05) is 0 Å². The highest BCUT2D eigenvalue weighted by atomic mass is 32.1. The van der Waals surface area contributed by atoms with Crippen LogP contribution in [-0.2, 0) is 6.54 Å². The number of amidine groups is 1. The molecule has 4 heteroatoms. The van der Waals surface area contributed by atoms with Gasteiger partial charge in [0, 0.05) is 16.6 Å². The lowest BCUT2D eigenvalue weighted by molar-refractivity contribution is 1.02. The van der Waals surface area contributed by atoms with Crippen LogP contribution in [-0.4, -0.2) is 10.8 Å². The molecule has 2 aromatic rings. The fourth-order valence-corrected chi connectivity index (χ4v) is 2.02. The third kappa shape index (κ3) is 2.67. The lowest BCUT2D eigenvalue weighted by Gasteiger charge is -1.99. The van der Waals surface area contributed by atoms with Gasteiger partial charge in [-0.05, 0) is 6.92 Å². The average molecular weight is 231 g/mol. The third-order valence-corrected chi connectivity index (χ3v) is 3.07. The van der Waals surface area contributed by atoms with Gasteiger partial charge >= 0.3 is 0 Å². The van der Waals surface area contributed by atoms with Gasteiger partial charge in [0.1, 0.15) is 10.8 Å². The standard InChI is InChI=1S/C12H13N3S/c1-9-8-16-11(15-9)7-14-12(13)10-5-3-2-4-6-10/h2-6,8H,7H2,1H3,(H2,13,14). The van der Waals surface area contributed by atoms with Crippen LogP contribution < -0.4 is 5.73 Å². The zero-order chi connectivity index (χ0) is 11.4. The summed E-state index contributed by atoms with van der Waals surface area (Å²) in [5.74, 6) is 0.563. The number of hydrogen-bond donors (Lipinski definition) is 1. The van der Waals surface area contributed by atoms with Crippen molar-refractivity contribution in [3.05, 3.63) is 52.0 Å². The maximum absolute atomic E-state index is 5.88. The average Bonchev–Trinajstić information content (AvgIpc) is 2.73. The van der Waals surface area contributed by atoms with Crippen molar-refractivity contribution < 1.29 is 0 Å². The Kier molecular flexibility index (Phi) is 3.31. The van der Waals surface area contributed by atoms with Crippen molar-refractivity contribution in [3.63, 3.8) is 0 Å². The lowest BCUT2D eigenvalue weighted by Crippen LogP contribution is -2.13. The quantitative estimate of drug-likeness (QED) is 0.651. The normalized spacial score (nSPS) is 11.7. The zero-order valence-corrected chi connectivity index (χ0v) is 9.87. The molecule has 0 atom stereocenters. The largest absolute Gasteiger partial charge is 0.383 e. The highest BCUT2D eigenvalue weighted by molar-refractivity contribution is 7.09. The van der Waals surface area contributed by atoms with Crippen molar-refractivity contribution in [1.29, 1.82) is 0 Å². The van der Waals surface area contributed by atoms with Crippen molar-refractivity contribution in [2.24, 2.45) is 10.7 Å². The third-order valence-electron chi connectivity index (χ3n) is 2.12. The van der Waals surface area contributed by atoms with Gasteiger partial charge in [-0.1, -0.05) is 30.3 Å². The van der Waals surface area contributed by atoms with E-state index < -0.39 is 0 Å². The number of thiazole rings is 1. The summed E-state index contributed by atoms with van der Waals surface area (Å²) in [6.07, 6.45) is 0. The fraction of sp³-hybridized carbons (Fsp3) is 0.167. The Hall–Kier alpha value is -1.68. The van der Waals surface area contributed by atoms with Gasteiger partial charge in [0.05, 0.1) is 6.54 Å². The summed E-state index contributed by atoms with van der Waals surface area (Å²) < 4.78 is 0. The second kappa shape index (κ2) is 4.90. The number of aromatic nitrogens is 1. The van der Waals surface area contributed by atoms with Crippen LogP contribution in [0, 0.1) is 6.92 Å². The second-order valence-corrected chi connectivity index (χ2v) is 4.39. The molecule has 1 aromatic carbocycles. The van der Waals surface area contributed by atoms with E-state index >= 15 is 0 Å². The molecular formula is C12H13N3S. The Morgan fingerprint density at radius 2 is 2.12 bits per heavy atom. The molecule has 2 rings (SSSR count). The molecule has 0 radical (unpaired) electrons. The van der Waals surface area contributed by atoms with Crippen LogP contribution in [0.3, 0.4) is 0 Å². The van der Waals surface area contributed by atoms with Crippen LogP contribution in [0.25, 0.3) is 0 Å². The molecule has 0 saturated carbocycles. The molecule has 0 aliphatic rings. The number of nitrogens with zero attached hydrogens (tertiary/aromatic N) is 2. The summed E-state index contributed by atoms with van der Waals surface area (Å²) in [5.41, 5.74) is 7.87. The van der Waals surface area contributed by atoms with E-state index in [1.807, 2.05) is 42.6 Å². The van der Waals surface area contributed by atoms with E-state index in [4.69, 9.17) is 5.73 Å². The Bertz CT molecular complexity index is 488. The van der Waals surface area contributed by atoms with Gasteiger partial charge in [-0.3, -0.25) is 4.99 Å². The molecule has 82 valence electrons. The van der Waals surface area contributed by atoms with Crippen LogP contribution in [0.15, 0.2) is 40.7 Å². The van der Waals surface area contributed by atoms with Gasteiger partial charge in [0.25, 0.3) is 0 Å². The SMILES string of the molecule is Cc1csc(CN=C(N)c2ccccc2)n1. The Balaban J connectivity index is 2.08. The van der Waals surface area contributed by atoms with Crippen LogP contribution in [0.1, 0.15) is 16.3 Å². The molecule has 0 saturated heterocycles. The Labute approximate surface area is 98.7 Å². The summed E-state index contributed by atoms with van der Waals surface area (Å²) in [6, 6.07) is 9.76. The first-order valence-corrected chi connectivity index (χ1v) is 5.90. The summed E-state index contributed by atoms with van der Waals surface area (Å²) >= 11 is 1.61. The van der Waals surface area contributed by atoms with Gasteiger partial charge in [-0.25, -0.2) is 4.98 Å². The van der Waals surface area contributed by atoms with Gasteiger partial charge in [-0.2, -0.15) is 0 Å². The maximum Gasteiger partial charge on any atom is 0.126 e. The minimum Gasteiger partial charge on any atom is -0.383 e. The summed E-state index contributed by atoms with van der Waals surface area (Å²) in [6.45, 7) is 2.53. The molecule has 2 N–H and O–H groups in total. The van der Waals surface area contributed by atoms with E-state index in [2.05, 4.69) is 9.98 Å². The van der Waals surface area contributed by atoms with Crippen molar-refractivity contribution in [3.8, 4) is 0 Å². The molecule has 0 amide bonds. The van der Waals surface area contributed by atoms with E-state index in [9.17, 15) is 0 Å². The minimum atomic E-state index is 0.555. The van der Waals surface area contributed by atoms with Crippen molar-refractivity contribution in [2.45, 2.75) is 13.5 Å². The van der Waals surface area contributed by atoms with Gasteiger partial charge < -0.3 is 5.73 Å². The first kappa shape index (κ1) is 10.8. The topological polar surface area (TPSA) is 51.3 Å². The molecule has 1 aromatic heterocycles. The van der Waals surface area contributed by atoms with E-state index in [1.165, 1.54) is 0 Å². The predicted octanol–water partition coefficient (Wildman–Crippen LogP) is 2.36. The van der Waals surface area contributed by atoms with E-state index in [0.29, 0.717) is 12.4 Å². The van der Waals surface area contributed by atoms with Crippen LogP contribution >= 0.6 is 11.3 Å². The summed E-state index contributed by atoms with van der Waals surface area (Å²) in [4.78, 5) is 8.65. The molecule has 0 spiro atoms. The Morgan fingerprint density at radius 3 is 2.75 bits per heavy atom. The maximum atomic E-state index is 5.88. The zero-order valence-electron chi connectivity index (χ0n) is 9.05. The number of benzene rings is 1. The molecule has 1 heterocycles. The molecule has 16 heavy (non-hydrogen) atoms. The summed E-state index contributed by atoms with van der Waals surface area (Å²) in [7, 11) is 0. The number of aliphatic imine (C=N–C) groups is 1. The van der Waals surface area contributed by atoms with E-state index in [0.717, 1.165) is 16.3 Å². The number of nitrogens with two attached hydrogens (primary N) is 1. The predicted molar refractivity (Wildman–Crippen MR) is 67.7 cm³/mol. The van der Waals surface area contributed by atoms with Gasteiger partial charge in [-0.15, -0.1) is 11.3 Å². The second-order valence-electron chi connectivity index (χ2n) is 3.45. The number of rotatable bonds is 3. The van der Waals surface area contributed by atoms with Crippen LogP contribution in [0.2, 0.25) is 0 Å². The molecule has 0 fully saturated rings. The lowest BCUT2D eigenvalue weighted by atomic mass is 10.2. The highest BCUT2D eigenvalue weighted by Crippen LogP contribution is 2.10. The smallest absolute Gasteiger partial charge is 0.126 e. The van der Waals surface area contributed by atoms with Gasteiger partial charge in [0.2, 0.25) is 0 Å². The monoisotopic (exact) mass is 231 g/mol. The van der Waals surface area contributed by atoms with Crippen LogP contribution in [0.4, 0.5) is 0 Å². The molecule has 0 bridgehead atoms. The molecule has 0 aliphatic carbocycles. The first-order valence-electron chi connectivity index (χ1n) is 5.02. The van der Waals surface area contributed by atoms with Crippen molar-refractivity contribution in [1.82, 2.24) is 4.98 Å².